The number of carbonyl (C=O) groups excluding carboxylic acids is 5. The predicted molar refractivity (Wildman–Crippen MR) is 144 cm³/mol. The molecular formula is C30H21NO7S. The Kier molecular flexibility index (Phi) is 7.16. The third-order valence-electron chi connectivity index (χ3n) is 6.05. The summed E-state index contributed by atoms with van der Waals surface area (Å²) in [7, 11) is 0. The molecule has 0 atom stereocenters. The standard InChI is InChI=1S/C30H21NO7S/c1-2-37-30(36)22-15-23(17-9-4-3-5-10-17)39-28(22)31-24(32)16-38-29(35)21-14-8-13-20-25(21)27(34)19-12-7-6-11-18(19)26(20)33/h3-15H,2,16H2,1H3,(H,31,32). The van der Waals surface area contributed by atoms with Crippen molar-refractivity contribution in [3.05, 3.63) is 112 Å². The second-order valence-electron chi connectivity index (χ2n) is 8.50. The van der Waals surface area contributed by atoms with Gasteiger partial charge in [0, 0.05) is 27.1 Å². The van der Waals surface area contributed by atoms with Crippen LogP contribution in [-0.2, 0) is 14.3 Å². The van der Waals surface area contributed by atoms with Crippen LogP contribution in [0.2, 0.25) is 0 Å². The van der Waals surface area contributed by atoms with Crippen LogP contribution in [0.1, 0.15) is 59.5 Å². The van der Waals surface area contributed by atoms with Gasteiger partial charge in [-0.1, -0.05) is 66.7 Å². The average molecular weight is 540 g/mol. The molecule has 0 bridgehead atoms. The zero-order chi connectivity index (χ0) is 27.5. The van der Waals surface area contributed by atoms with Crippen molar-refractivity contribution >= 4 is 45.8 Å². The highest BCUT2D eigenvalue weighted by Crippen LogP contribution is 2.36. The normalized spacial score (nSPS) is 11.8. The molecule has 5 rings (SSSR count). The third kappa shape index (κ3) is 4.99. The topological polar surface area (TPSA) is 116 Å². The van der Waals surface area contributed by atoms with Gasteiger partial charge >= 0.3 is 11.9 Å². The van der Waals surface area contributed by atoms with Gasteiger partial charge in [-0.2, -0.15) is 0 Å². The number of amides is 1. The number of ether oxygens (including phenoxy) is 2. The minimum Gasteiger partial charge on any atom is -0.462 e. The molecule has 0 radical (unpaired) electrons. The highest BCUT2D eigenvalue weighted by molar-refractivity contribution is 7.20. The largest absolute Gasteiger partial charge is 0.462 e. The van der Waals surface area contributed by atoms with E-state index in [1.807, 2.05) is 30.3 Å². The van der Waals surface area contributed by atoms with E-state index in [2.05, 4.69) is 5.32 Å². The fourth-order valence-corrected chi connectivity index (χ4v) is 5.34. The zero-order valence-electron chi connectivity index (χ0n) is 20.7. The Labute approximate surface area is 227 Å². The lowest BCUT2D eigenvalue weighted by Gasteiger charge is -2.19. The molecule has 1 aliphatic rings. The van der Waals surface area contributed by atoms with E-state index in [1.54, 1.807) is 31.2 Å². The second kappa shape index (κ2) is 10.8. The molecule has 0 fully saturated rings. The molecule has 0 spiro atoms. The Morgan fingerprint density at radius 2 is 1.38 bits per heavy atom. The Hall–Kier alpha value is -4.89. The summed E-state index contributed by atoms with van der Waals surface area (Å²) >= 11 is 1.18. The molecule has 4 aromatic rings. The van der Waals surface area contributed by atoms with Crippen molar-refractivity contribution in [2.45, 2.75) is 6.92 Å². The van der Waals surface area contributed by atoms with Crippen LogP contribution in [0.4, 0.5) is 5.00 Å². The van der Waals surface area contributed by atoms with Crippen LogP contribution in [-0.4, -0.2) is 42.6 Å². The smallest absolute Gasteiger partial charge is 0.341 e. The monoisotopic (exact) mass is 539 g/mol. The lowest BCUT2D eigenvalue weighted by Crippen LogP contribution is -2.26. The molecule has 8 nitrogen and oxygen atoms in total. The molecule has 1 amide bonds. The van der Waals surface area contributed by atoms with Gasteiger partial charge in [-0.05, 0) is 24.6 Å². The maximum atomic E-state index is 13.2. The van der Waals surface area contributed by atoms with Crippen molar-refractivity contribution in [1.82, 2.24) is 0 Å². The highest BCUT2D eigenvalue weighted by atomic mass is 32.1. The molecule has 1 aliphatic carbocycles. The number of esters is 2. The molecule has 9 heteroatoms. The van der Waals surface area contributed by atoms with Crippen LogP contribution in [0.25, 0.3) is 10.4 Å². The van der Waals surface area contributed by atoms with Gasteiger partial charge in [-0.3, -0.25) is 14.4 Å². The molecule has 194 valence electrons. The number of fused-ring (bicyclic) bond motifs is 2. The van der Waals surface area contributed by atoms with Crippen LogP contribution in [0.3, 0.4) is 0 Å². The van der Waals surface area contributed by atoms with Crippen molar-refractivity contribution in [3.8, 4) is 10.4 Å². The van der Waals surface area contributed by atoms with Crippen molar-refractivity contribution < 1.29 is 33.4 Å². The molecule has 1 N–H and O–H groups in total. The van der Waals surface area contributed by atoms with Crippen molar-refractivity contribution in [3.63, 3.8) is 0 Å². The number of nitrogens with one attached hydrogen (secondary N) is 1. The van der Waals surface area contributed by atoms with E-state index >= 15 is 0 Å². The minimum atomic E-state index is -0.927. The van der Waals surface area contributed by atoms with Crippen LogP contribution in [0.15, 0.2) is 78.9 Å². The first-order valence-electron chi connectivity index (χ1n) is 12.0. The Morgan fingerprint density at radius 3 is 2.10 bits per heavy atom. The quantitative estimate of drug-likeness (QED) is 0.284. The zero-order valence-corrected chi connectivity index (χ0v) is 21.5. The van der Waals surface area contributed by atoms with Crippen LogP contribution in [0.5, 0.6) is 0 Å². The summed E-state index contributed by atoms with van der Waals surface area (Å²) in [6.07, 6.45) is 0. The van der Waals surface area contributed by atoms with Crippen molar-refractivity contribution in [1.29, 1.82) is 0 Å². The second-order valence-corrected chi connectivity index (χ2v) is 9.55. The molecule has 0 saturated heterocycles. The van der Waals surface area contributed by atoms with Gasteiger partial charge in [-0.25, -0.2) is 9.59 Å². The molecular weight excluding hydrogens is 518 g/mol. The van der Waals surface area contributed by atoms with Crippen LogP contribution >= 0.6 is 11.3 Å². The van der Waals surface area contributed by atoms with Crippen LogP contribution < -0.4 is 5.32 Å². The summed E-state index contributed by atoms with van der Waals surface area (Å²) in [5.74, 6) is -3.05. The van der Waals surface area contributed by atoms with Gasteiger partial charge in [0.1, 0.15) is 5.00 Å². The summed E-state index contributed by atoms with van der Waals surface area (Å²) in [5, 5.41) is 2.87. The number of benzene rings is 3. The summed E-state index contributed by atoms with van der Waals surface area (Å²) in [5.41, 5.74) is 1.44. The molecule has 1 heterocycles. The third-order valence-corrected chi connectivity index (χ3v) is 7.14. The fourth-order valence-electron chi connectivity index (χ4n) is 4.28. The molecule has 39 heavy (non-hydrogen) atoms. The number of ketones is 2. The lowest BCUT2D eigenvalue weighted by atomic mass is 9.82. The first-order chi connectivity index (χ1) is 18.9. The average Bonchev–Trinajstić information content (AvgIpc) is 3.38. The number of anilines is 1. The maximum Gasteiger partial charge on any atom is 0.341 e. The first-order valence-corrected chi connectivity index (χ1v) is 12.9. The number of hydrogen-bond donors (Lipinski definition) is 1. The van der Waals surface area contributed by atoms with E-state index in [0.29, 0.717) is 0 Å². The maximum absolute atomic E-state index is 13.2. The minimum absolute atomic E-state index is 0.0537. The summed E-state index contributed by atoms with van der Waals surface area (Å²) < 4.78 is 10.3. The number of hydrogen-bond acceptors (Lipinski definition) is 8. The van der Waals surface area contributed by atoms with E-state index < -0.39 is 30.2 Å². The molecule has 0 aliphatic heterocycles. The van der Waals surface area contributed by atoms with Gasteiger partial charge in [0.05, 0.1) is 17.7 Å². The Balaban J connectivity index is 1.34. The Bertz CT molecular complexity index is 1640. The van der Waals surface area contributed by atoms with E-state index in [1.165, 1.54) is 35.6 Å². The van der Waals surface area contributed by atoms with E-state index in [4.69, 9.17) is 9.47 Å². The van der Waals surface area contributed by atoms with Gasteiger partial charge < -0.3 is 14.8 Å². The fraction of sp³-hybridized carbons (Fsp3) is 0.100. The summed E-state index contributed by atoms with van der Waals surface area (Å²) in [6.45, 7) is 1.16. The SMILES string of the molecule is CCOC(=O)c1cc(-c2ccccc2)sc1NC(=O)COC(=O)c1cccc2c1C(=O)c1ccccc1C2=O. The highest BCUT2D eigenvalue weighted by Gasteiger charge is 2.33. The number of thiophene rings is 1. The lowest BCUT2D eigenvalue weighted by molar-refractivity contribution is -0.119. The van der Waals surface area contributed by atoms with Gasteiger partial charge in [-0.15, -0.1) is 11.3 Å². The van der Waals surface area contributed by atoms with Gasteiger partial charge in [0.15, 0.2) is 18.2 Å². The first kappa shape index (κ1) is 25.7. The number of rotatable bonds is 7. The summed E-state index contributed by atoms with van der Waals surface area (Å²) in [6, 6.07) is 21.7. The summed E-state index contributed by atoms with van der Waals surface area (Å²) in [4.78, 5) is 65.0. The number of carbonyl (C=O) groups is 5. The molecule has 0 saturated carbocycles. The van der Waals surface area contributed by atoms with Crippen LogP contribution in [0, 0.1) is 0 Å². The predicted octanol–water partition coefficient (Wildman–Crippen LogP) is 5.16. The Morgan fingerprint density at radius 1 is 0.744 bits per heavy atom. The van der Waals surface area contributed by atoms with E-state index in [0.717, 1.165) is 10.4 Å². The molecule has 1 aromatic heterocycles. The van der Waals surface area contributed by atoms with Gasteiger partial charge in [0.25, 0.3) is 5.91 Å². The van der Waals surface area contributed by atoms with E-state index in [9.17, 15) is 24.0 Å². The molecule has 0 unspecified atom stereocenters. The van der Waals surface area contributed by atoms with Crippen molar-refractivity contribution in [2.75, 3.05) is 18.5 Å². The molecule has 3 aromatic carbocycles. The van der Waals surface area contributed by atoms with E-state index in [-0.39, 0.29) is 50.8 Å². The van der Waals surface area contributed by atoms with Crippen molar-refractivity contribution in [2.24, 2.45) is 0 Å². The van der Waals surface area contributed by atoms with Gasteiger partial charge in [0.2, 0.25) is 0 Å².